The van der Waals surface area contributed by atoms with Gasteiger partial charge in [-0.15, -0.1) is 0 Å². The van der Waals surface area contributed by atoms with Crippen LogP contribution in [0, 0.1) is 5.82 Å². The minimum absolute atomic E-state index is 0.307. The molecule has 0 spiro atoms. The van der Waals surface area contributed by atoms with Crippen LogP contribution in [0.2, 0.25) is 0 Å². The first-order valence-electron chi connectivity index (χ1n) is 5.15. The summed E-state index contributed by atoms with van der Waals surface area (Å²) in [6, 6.07) is 4.59. The average Bonchev–Trinajstić information content (AvgIpc) is 2.26. The number of aryl methyl sites for hydroxylation is 1. The maximum absolute atomic E-state index is 13.0. The molecule has 0 fully saturated rings. The second kappa shape index (κ2) is 5.49. The van der Waals surface area contributed by atoms with Crippen LogP contribution in [0.1, 0.15) is 25.3 Å². The third-order valence-corrected chi connectivity index (χ3v) is 2.39. The fourth-order valence-corrected chi connectivity index (χ4v) is 1.50. The lowest BCUT2D eigenvalue weighted by Crippen LogP contribution is -2.16. The Morgan fingerprint density at radius 2 is 2.20 bits per heavy atom. The van der Waals surface area contributed by atoms with E-state index in [1.54, 1.807) is 13.1 Å². The summed E-state index contributed by atoms with van der Waals surface area (Å²) in [5.41, 5.74) is 1.69. The maximum atomic E-state index is 13.0. The van der Waals surface area contributed by atoms with Crippen LogP contribution in [0.25, 0.3) is 0 Å². The molecule has 0 radical (unpaired) electrons. The molecular weight excluding hydrogens is 193 g/mol. The van der Waals surface area contributed by atoms with Crippen molar-refractivity contribution in [3.05, 3.63) is 29.6 Å². The zero-order valence-electron chi connectivity index (χ0n) is 9.16. The molecule has 0 aliphatic carbocycles. The highest BCUT2D eigenvalue weighted by molar-refractivity contribution is 5.76. The molecule has 15 heavy (non-hydrogen) atoms. The molecule has 1 rings (SSSR count). The molecule has 0 atom stereocenters. The van der Waals surface area contributed by atoms with Crippen molar-refractivity contribution >= 4 is 12.1 Å². The molecule has 0 saturated carbocycles. The maximum Gasteiger partial charge on any atom is 0.213 e. The van der Waals surface area contributed by atoms with Crippen LogP contribution in [-0.2, 0) is 11.2 Å². The summed E-state index contributed by atoms with van der Waals surface area (Å²) in [5.74, 6) is -0.307. The first-order chi connectivity index (χ1) is 7.19. The summed E-state index contributed by atoms with van der Waals surface area (Å²) in [5, 5.41) is 0. The van der Waals surface area contributed by atoms with E-state index in [0.717, 1.165) is 24.8 Å². The van der Waals surface area contributed by atoms with E-state index in [2.05, 4.69) is 6.92 Å². The Bertz CT molecular complexity index is 338. The molecule has 3 heteroatoms. The molecule has 0 heterocycles. The van der Waals surface area contributed by atoms with Crippen LogP contribution in [0.15, 0.2) is 18.2 Å². The number of hydrogen-bond acceptors (Lipinski definition) is 1. The van der Waals surface area contributed by atoms with Crippen molar-refractivity contribution in [3.63, 3.8) is 0 Å². The second-order valence-corrected chi connectivity index (χ2v) is 3.59. The Morgan fingerprint density at radius 3 is 2.80 bits per heavy atom. The lowest BCUT2D eigenvalue weighted by atomic mass is 10.1. The van der Waals surface area contributed by atoms with Gasteiger partial charge in [0.05, 0.1) is 0 Å². The Balaban J connectivity index is 2.97. The molecule has 0 N–H and O–H groups in total. The minimum atomic E-state index is -0.307. The first kappa shape index (κ1) is 11.7. The van der Waals surface area contributed by atoms with Crippen molar-refractivity contribution in [2.45, 2.75) is 26.2 Å². The molecule has 82 valence electrons. The van der Waals surface area contributed by atoms with Gasteiger partial charge in [-0.1, -0.05) is 19.4 Å². The Hall–Kier alpha value is -1.38. The molecule has 0 saturated heterocycles. The van der Waals surface area contributed by atoms with Crippen LogP contribution in [0.4, 0.5) is 10.1 Å². The monoisotopic (exact) mass is 209 g/mol. The Morgan fingerprint density at radius 1 is 1.47 bits per heavy atom. The topological polar surface area (TPSA) is 20.3 Å². The van der Waals surface area contributed by atoms with E-state index in [0.29, 0.717) is 12.1 Å². The van der Waals surface area contributed by atoms with Gasteiger partial charge in [-0.25, -0.2) is 4.39 Å². The highest BCUT2D eigenvalue weighted by Gasteiger charge is 2.07. The lowest BCUT2D eigenvalue weighted by Gasteiger charge is -2.15. The summed E-state index contributed by atoms with van der Waals surface area (Å²) in [7, 11) is 1.64. The number of rotatable bonds is 5. The standard InChI is InChI=1S/C12H16FNO/c1-3-4-5-10-6-7-11(13)8-12(10)14(2)9-15/h6-9H,3-5H2,1-2H3. The van der Waals surface area contributed by atoms with Gasteiger partial charge >= 0.3 is 0 Å². The zero-order valence-corrected chi connectivity index (χ0v) is 9.16. The SMILES string of the molecule is CCCCc1ccc(F)cc1N(C)C=O. The highest BCUT2D eigenvalue weighted by atomic mass is 19.1. The summed E-state index contributed by atoms with van der Waals surface area (Å²) in [6.45, 7) is 2.10. The van der Waals surface area contributed by atoms with E-state index in [1.807, 2.05) is 0 Å². The molecule has 1 aromatic rings. The van der Waals surface area contributed by atoms with Gasteiger partial charge < -0.3 is 4.90 Å². The van der Waals surface area contributed by atoms with Gasteiger partial charge in [0.2, 0.25) is 6.41 Å². The number of amides is 1. The average molecular weight is 209 g/mol. The highest BCUT2D eigenvalue weighted by Crippen LogP contribution is 2.21. The fourth-order valence-electron chi connectivity index (χ4n) is 1.50. The molecule has 1 aromatic carbocycles. The number of anilines is 1. The zero-order chi connectivity index (χ0) is 11.3. The molecule has 1 amide bonds. The van der Waals surface area contributed by atoms with Gasteiger partial charge in [0.1, 0.15) is 5.82 Å². The molecule has 0 aliphatic heterocycles. The van der Waals surface area contributed by atoms with E-state index in [-0.39, 0.29) is 5.82 Å². The van der Waals surface area contributed by atoms with Gasteiger partial charge in [-0.05, 0) is 30.5 Å². The fraction of sp³-hybridized carbons (Fsp3) is 0.417. The minimum Gasteiger partial charge on any atom is -0.318 e. The molecule has 0 bridgehead atoms. The normalized spacial score (nSPS) is 10.1. The summed E-state index contributed by atoms with van der Waals surface area (Å²) >= 11 is 0. The van der Waals surface area contributed by atoms with Crippen LogP contribution in [0.3, 0.4) is 0 Å². The van der Waals surface area contributed by atoms with Crippen molar-refractivity contribution in [2.24, 2.45) is 0 Å². The Kier molecular flexibility index (Phi) is 4.28. The number of nitrogens with zero attached hydrogens (tertiary/aromatic N) is 1. The number of carbonyl (C=O) groups excluding carboxylic acids is 1. The van der Waals surface area contributed by atoms with E-state index in [1.165, 1.54) is 17.0 Å². The second-order valence-electron chi connectivity index (χ2n) is 3.59. The molecule has 0 aromatic heterocycles. The summed E-state index contributed by atoms with van der Waals surface area (Å²) in [6.07, 6.45) is 3.71. The van der Waals surface area contributed by atoms with Crippen molar-refractivity contribution in [2.75, 3.05) is 11.9 Å². The van der Waals surface area contributed by atoms with E-state index < -0.39 is 0 Å². The predicted octanol–water partition coefficient (Wildman–Crippen LogP) is 2.76. The van der Waals surface area contributed by atoms with Crippen molar-refractivity contribution in [1.29, 1.82) is 0 Å². The number of benzene rings is 1. The van der Waals surface area contributed by atoms with E-state index in [4.69, 9.17) is 0 Å². The number of carbonyl (C=O) groups is 1. The molecular formula is C12H16FNO. The number of unbranched alkanes of at least 4 members (excludes halogenated alkanes) is 1. The smallest absolute Gasteiger partial charge is 0.213 e. The van der Waals surface area contributed by atoms with Gasteiger partial charge in [-0.2, -0.15) is 0 Å². The van der Waals surface area contributed by atoms with Crippen LogP contribution in [0.5, 0.6) is 0 Å². The first-order valence-corrected chi connectivity index (χ1v) is 5.15. The predicted molar refractivity (Wildman–Crippen MR) is 59.5 cm³/mol. The van der Waals surface area contributed by atoms with E-state index >= 15 is 0 Å². The summed E-state index contributed by atoms with van der Waals surface area (Å²) in [4.78, 5) is 12.1. The van der Waals surface area contributed by atoms with Crippen LogP contribution >= 0.6 is 0 Å². The quantitative estimate of drug-likeness (QED) is 0.683. The Labute approximate surface area is 89.7 Å². The molecule has 2 nitrogen and oxygen atoms in total. The van der Waals surface area contributed by atoms with Crippen LogP contribution < -0.4 is 4.90 Å². The van der Waals surface area contributed by atoms with Gasteiger partial charge in [0, 0.05) is 12.7 Å². The third kappa shape index (κ3) is 3.05. The number of hydrogen-bond donors (Lipinski definition) is 0. The van der Waals surface area contributed by atoms with Gasteiger partial charge in [-0.3, -0.25) is 4.79 Å². The van der Waals surface area contributed by atoms with E-state index in [9.17, 15) is 9.18 Å². The van der Waals surface area contributed by atoms with Crippen LogP contribution in [-0.4, -0.2) is 13.5 Å². The van der Waals surface area contributed by atoms with Gasteiger partial charge in [0.15, 0.2) is 0 Å². The molecule has 0 unspecified atom stereocenters. The van der Waals surface area contributed by atoms with Crippen molar-refractivity contribution < 1.29 is 9.18 Å². The summed E-state index contributed by atoms with van der Waals surface area (Å²) < 4.78 is 13.0. The van der Waals surface area contributed by atoms with Crippen molar-refractivity contribution in [1.82, 2.24) is 0 Å². The number of halogens is 1. The largest absolute Gasteiger partial charge is 0.318 e. The molecule has 0 aliphatic rings. The third-order valence-electron chi connectivity index (χ3n) is 2.39. The van der Waals surface area contributed by atoms with Crippen molar-refractivity contribution in [3.8, 4) is 0 Å². The van der Waals surface area contributed by atoms with Gasteiger partial charge in [0.25, 0.3) is 0 Å². The lowest BCUT2D eigenvalue weighted by molar-refractivity contribution is -0.107.